The van der Waals surface area contributed by atoms with E-state index in [1.165, 1.54) is 0 Å². The predicted octanol–water partition coefficient (Wildman–Crippen LogP) is 3.16. The first-order valence-corrected chi connectivity index (χ1v) is 7.50. The van der Waals surface area contributed by atoms with Crippen LogP contribution in [0.5, 0.6) is 0 Å². The SMILES string of the molecule is CNC(=O)c1c(-c2ccccc2)noc1/C=C(\N)c1ccccc1. The first-order chi connectivity index (χ1) is 11.7. The van der Waals surface area contributed by atoms with Gasteiger partial charge in [-0.25, -0.2) is 0 Å². The molecule has 0 saturated heterocycles. The Labute approximate surface area is 139 Å². The van der Waals surface area contributed by atoms with Crippen LogP contribution in [0.1, 0.15) is 21.7 Å². The quantitative estimate of drug-likeness (QED) is 0.774. The van der Waals surface area contributed by atoms with Crippen LogP contribution in [0.2, 0.25) is 0 Å². The molecule has 0 bridgehead atoms. The highest BCUT2D eigenvalue weighted by atomic mass is 16.5. The zero-order chi connectivity index (χ0) is 16.9. The number of hydrogen-bond acceptors (Lipinski definition) is 4. The molecule has 0 spiro atoms. The summed E-state index contributed by atoms with van der Waals surface area (Å²) in [5, 5.41) is 6.69. The number of benzene rings is 2. The van der Waals surface area contributed by atoms with E-state index in [0.717, 1.165) is 11.1 Å². The minimum absolute atomic E-state index is 0.276. The number of nitrogens with zero attached hydrogens (tertiary/aromatic N) is 1. The normalized spacial score (nSPS) is 11.3. The fraction of sp³-hybridized carbons (Fsp3) is 0.0526. The van der Waals surface area contributed by atoms with Gasteiger partial charge in [0.15, 0.2) is 5.76 Å². The monoisotopic (exact) mass is 319 g/mol. The van der Waals surface area contributed by atoms with Gasteiger partial charge in [0.25, 0.3) is 5.91 Å². The lowest BCUT2D eigenvalue weighted by atomic mass is 10.0. The number of carbonyl (C=O) groups is 1. The minimum atomic E-state index is -0.276. The van der Waals surface area contributed by atoms with E-state index in [0.29, 0.717) is 22.7 Å². The van der Waals surface area contributed by atoms with Crippen molar-refractivity contribution >= 4 is 17.7 Å². The Balaban J connectivity index is 2.09. The number of aromatic nitrogens is 1. The van der Waals surface area contributed by atoms with Gasteiger partial charge in [-0.1, -0.05) is 65.8 Å². The van der Waals surface area contributed by atoms with Crippen LogP contribution in [0.25, 0.3) is 23.0 Å². The van der Waals surface area contributed by atoms with E-state index in [2.05, 4.69) is 10.5 Å². The smallest absolute Gasteiger partial charge is 0.257 e. The topological polar surface area (TPSA) is 81.2 Å². The van der Waals surface area contributed by atoms with Crippen molar-refractivity contribution in [2.45, 2.75) is 0 Å². The lowest BCUT2D eigenvalue weighted by Crippen LogP contribution is -2.19. The second kappa shape index (κ2) is 6.83. The van der Waals surface area contributed by atoms with Crippen LogP contribution in [0.15, 0.2) is 65.2 Å². The van der Waals surface area contributed by atoms with Gasteiger partial charge in [-0.3, -0.25) is 4.79 Å². The first-order valence-electron chi connectivity index (χ1n) is 7.50. The van der Waals surface area contributed by atoms with Crippen molar-refractivity contribution in [3.63, 3.8) is 0 Å². The summed E-state index contributed by atoms with van der Waals surface area (Å²) in [4.78, 5) is 12.3. The van der Waals surface area contributed by atoms with Crippen LogP contribution < -0.4 is 11.1 Å². The fourth-order valence-electron chi connectivity index (χ4n) is 2.39. The summed E-state index contributed by atoms with van der Waals surface area (Å²) in [6.07, 6.45) is 1.62. The van der Waals surface area contributed by atoms with Crippen molar-refractivity contribution in [3.05, 3.63) is 77.6 Å². The number of amides is 1. The van der Waals surface area contributed by atoms with Crippen molar-refractivity contribution < 1.29 is 9.32 Å². The van der Waals surface area contributed by atoms with Gasteiger partial charge >= 0.3 is 0 Å². The van der Waals surface area contributed by atoms with E-state index in [1.807, 2.05) is 60.7 Å². The molecule has 0 saturated carbocycles. The summed E-state index contributed by atoms with van der Waals surface area (Å²) < 4.78 is 5.40. The van der Waals surface area contributed by atoms with Gasteiger partial charge in [0.05, 0.1) is 0 Å². The maximum absolute atomic E-state index is 12.3. The molecule has 0 fully saturated rings. The third-order valence-corrected chi connectivity index (χ3v) is 3.61. The van der Waals surface area contributed by atoms with Gasteiger partial charge in [-0.15, -0.1) is 0 Å². The highest BCUT2D eigenvalue weighted by Crippen LogP contribution is 2.27. The second-order valence-corrected chi connectivity index (χ2v) is 5.18. The molecule has 120 valence electrons. The lowest BCUT2D eigenvalue weighted by Gasteiger charge is -2.03. The number of rotatable bonds is 4. The Bertz CT molecular complexity index is 868. The van der Waals surface area contributed by atoms with E-state index in [-0.39, 0.29) is 5.91 Å². The van der Waals surface area contributed by atoms with Gasteiger partial charge in [0.2, 0.25) is 0 Å². The summed E-state index contributed by atoms with van der Waals surface area (Å²) in [5.41, 5.74) is 9.12. The van der Waals surface area contributed by atoms with Crippen LogP contribution in [-0.2, 0) is 0 Å². The Kier molecular flexibility index (Phi) is 4.43. The molecule has 3 N–H and O–H groups in total. The molecule has 5 heteroatoms. The molecule has 1 amide bonds. The van der Waals surface area contributed by atoms with Crippen molar-refractivity contribution in [2.75, 3.05) is 7.05 Å². The Morgan fingerprint density at radius 2 is 1.71 bits per heavy atom. The van der Waals surface area contributed by atoms with Crippen LogP contribution in [0, 0.1) is 0 Å². The number of nitrogens with one attached hydrogen (secondary N) is 1. The molecular weight excluding hydrogens is 302 g/mol. The molecule has 3 rings (SSSR count). The number of carbonyl (C=O) groups excluding carboxylic acids is 1. The van der Waals surface area contributed by atoms with Crippen molar-refractivity contribution in [1.82, 2.24) is 10.5 Å². The molecule has 5 nitrogen and oxygen atoms in total. The van der Waals surface area contributed by atoms with Gasteiger partial charge in [-0.05, 0) is 5.56 Å². The molecule has 0 atom stereocenters. The molecule has 0 unspecified atom stereocenters. The Hall–Kier alpha value is -3.34. The highest BCUT2D eigenvalue weighted by Gasteiger charge is 2.22. The maximum Gasteiger partial charge on any atom is 0.257 e. The van der Waals surface area contributed by atoms with E-state index in [9.17, 15) is 4.79 Å². The van der Waals surface area contributed by atoms with Crippen molar-refractivity contribution in [2.24, 2.45) is 5.73 Å². The molecule has 3 aromatic rings. The van der Waals surface area contributed by atoms with Gasteiger partial charge in [0, 0.05) is 24.4 Å². The number of hydrogen-bond donors (Lipinski definition) is 2. The third-order valence-electron chi connectivity index (χ3n) is 3.61. The zero-order valence-electron chi connectivity index (χ0n) is 13.2. The molecule has 1 aromatic heterocycles. The van der Waals surface area contributed by atoms with Gasteiger partial charge < -0.3 is 15.6 Å². The summed E-state index contributed by atoms with van der Waals surface area (Å²) in [6, 6.07) is 18.9. The Morgan fingerprint density at radius 1 is 1.08 bits per heavy atom. The average Bonchev–Trinajstić information content (AvgIpc) is 3.06. The largest absolute Gasteiger partial charge is 0.398 e. The van der Waals surface area contributed by atoms with E-state index < -0.39 is 0 Å². The predicted molar refractivity (Wildman–Crippen MR) is 93.8 cm³/mol. The van der Waals surface area contributed by atoms with Crippen LogP contribution >= 0.6 is 0 Å². The molecule has 0 aliphatic heterocycles. The minimum Gasteiger partial charge on any atom is -0.398 e. The van der Waals surface area contributed by atoms with Gasteiger partial charge in [0.1, 0.15) is 11.3 Å². The fourth-order valence-corrected chi connectivity index (χ4v) is 2.39. The molecule has 0 aliphatic rings. The van der Waals surface area contributed by atoms with Crippen LogP contribution in [0.4, 0.5) is 0 Å². The summed E-state index contributed by atoms with van der Waals surface area (Å²) in [7, 11) is 1.57. The highest BCUT2D eigenvalue weighted by molar-refractivity contribution is 6.03. The summed E-state index contributed by atoms with van der Waals surface area (Å²) in [5.74, 6) is 0.0526. The zero-order valence-corrected chi connectivity index (χ0v) is 13.2. The van der Waals surface area contributed by atoms with E-state index in [4.69, 9.17) is 10.3 Å². The maximum atomic E-state index is 12.3. The van der Waals surface area contributed by atoms with Gasteiger partial charge in [-0.2, -0.15) is 0 Å². The molecule has 24 heavy (non-hydrogen) atoms. The standard InChI is InChI=1S/C19H17N3O2/c1-21-19(23)17-16(12-15(20)13-8-4-2-5-9-13)24-22-18(17)14-10-6-3-7-11-14/h2-12H,20H2,1H3,(H,21,23)/b15-12-. The average molecular weight is 319 g/mol. The number of nitrogens with two attached hydrogens (primary N) is 1. The molecular formula is C19H17N3O2. The molecule has 0 radical (unpaired) electrons. The molecule has 1 heterocycles. The van der Waals surface area contributed by atoms with Crippen molar-refractivity contribution in [1.29, 1.82) is 0 Å². The second-order valence-electron chi connectivity index (χ2n) is 5.18. The van der Waals surface area contributed by atoms with Crippen molar-refractivity contribution in [3.8, 4) is 11.3 Å². The first kappa shape index (κ1) is 15.6. The summed E-state index contributed by atoms with van der Waals surface area (Å²) in [6.45, 7) is 0. The van der Waals surface area contributed by atoms with E-state index >= 15 is 0 Å². The third kappa shape index (κ3) is 3.05. The van der Waals surface area contributed by atoms with Crippen LogP contribution in [-0.4, -0.2) is 18.1 Å². The van der Waals surface area contributed by atoms with E-state index in [1.54, 1.807) is 13.1 Å². The van der Waals surface area contributed by atoms with Crippen LogP contribution in [0.3, 0.4) is 0 Å². The molecule has 2 aromatic carbocycles. The summed E-state index contributed by atoms with van der Waals surface area (Å²) >= 11 is 0. The lowest BCUT2D eigenvalue weighted by molar-refractivity contribution is 0.0963. The molecule has 0 aliphatic carbocycles. The Morgan fingerprint density at radius 3 is 2.33 bits per heavy atom.